The van der Waals surface area contributed by atoms with Crippen LogP contribution < -0.4 is 10.6 Å². The van der Waals surface area contributed by atoms with Crippen LogP contribution in [-0.2, 0) is 0 Å². The Labute approximate surface area is 126 Å². The van der Waals surface area contributed by atoms with Crippen molar-refractivity contribution in [1.29, 1.82) is 0 Å². The molecule has 0 spiro atoms. The lowest BCUT2D eigenvalue weighted by molar-refractivity contribution is 0.337. The second-order valence-corrected chi connectivity index (χ2v) is 6.94. The Kier molecular flexibility index (Phi) is 3.67. The second kappa shape index (κ2) is 5.32. The average Bonchev–Trinajstić information content (AvgIpc) is 3.00. The highest BCUT2D eigenvalue weighted by molar-refractivity contribution is 7.80. The van der Waals surface area contributed by atoms with E-state index >= 15 is 0 Å². The molecule has 1 aromatic heterocycles. The molecule has 0 amide bonds. The summed E-state index contributed by atoms with van der Waals surface area (Å²) in [5.41, 5.74) is 7.75. The summed E-state index contributed by atoms with van der Waals surface area (Å²) in [7, 11) is 2.12. The van der Waals surface area contributed by atoms with Crippen molar-refractivity contribution in [2.75, 3.05) is 18.5 Å². The van der Waals surface area contributed by atoms with Crippen molar-refractivity contribution in [3.05, 3.63) is 23.4 Å². The van der Waals surface area contributed by atoms with Gasteiger partial charge in [-0.1, -0.05) is 18.6 Å². The van der Waals surface area contributed by atoms with Crippen LogP contribution in [0.15, 0.2) is 12.1 Å². The largest absolute Gasteiger partial charge is 0.389 e. The quantitative estimate of drug-likeness (QED) is 0.866. The standard InChI is InChI=1S/C16H23N3S/c1-10-3-6-14(15(17)20)16(18-10)19(2)9-13-8-11-4-5-12(13)7-11/h3,6,11-13H,4-5,7-9H2,1-2H3,(H2,17,20). The van der Waals surface area contributed by atoms with Gasteiger partial charge in [0, 0.05) is 19.3 Å². The number of pyridine rings is 1. The number of aryl methyl sites for hydroxylation is 1. The van der Waals surface area contributed by atoms with E-state index in [1.165, 1.54) is 25.7 Å². The van der Waals surface area contributed by atoms with Gasteiger partial charge in [0.25, 0.3) is 0 Å². The zero-order chi connectivity index (χ0) is 14.3. The number of fused-ring (bicyclic) bond motifs is 2. The maximum Gasteiger partial charge on any atom is 0.138 e. The van der Waals surface area contributed by atoms with Crippen LogP contribution in [0.25, 0.3) is 0 Å². The lowest BCUT2D eigenvalue weighted by Gasteiger charge is -2.29. The molecule has 2 N–H and O–H groups in total. The summed E-state index contributed by atoms with van der Waals surface area (Å²) in [4.78, 5) is 7.35. The molecule has 4 heteroatoms. The number of rotatable bonds is 4. The summed E-state index contributed by atoms with van der Waals surface area (Å²) in [5, 5.41) is 0. The maximum atomic E-state index is 5.84. The smallest absolute Gasteiger partial charge is 0.138 e. The van der Waals surface area contributed by atoms with E-state index in [-0.39, 0.29) is 0 Å². The number of nitrogens with two attached hydrogens (primary N) is 1. The lowest BCUT2D eigenvalue weighted by atomic mass is 9.88. The van der Waals surface area contributed by atoms with Crippen molar-refractivity contribution < 1.29 is 0 Å². The van der Waals surface area contributed by atoms with Crippen LogP contribution in [-0.4, -0.2) is 23.6 Å². The molecular weight excluding hydrogens is 266 g/mol. The Morgan fingerprint density at radius 3 is 2.80 bits per heavy atom. The van der Waals surface area contributed by atoms with Crippen molar-refractivity contribution in [2.45, 2.75) is 32.6 Å². The van der Waals surface area contributed by atoms with E-state index < -0.39 is 0 Å². The van der Waals surface area contributed by atoms with Gasteiger partial charge in [0.15, 0.2) is 0 Å². The molecule has 1 aromatic rings. The molecule has 0 aliphatic heterocycles. The SMILES string of the molecule is Cc1ccc(C(N)=S)c(N(C)CC2CC3CCC2C3)n1. The van der Waals surface area contributed by atoms with Crippen LogP contribution in [0.3, 0.4) is 0 Å². The molecule has 3 rings (SSSR count). The molecule has 0 aromatic carbocycles. The predicted octanol–water partition coefficient (Wildman–Crippen LogP) is 2.90. The molecule has 3 unspecified atom stereocenters. The van der Waals surface area contributed by atoms with Gasteiger partial charge in [-0.3, -0.25) is 0 Å². The van der Waals surface area contributed by atoms with Crippen LogP contribution in [0, 0.1) is 24.7 Å². The molecule has 2 aliphatic rings. The van der Waals surface area contributed by atoms with Gasteiger partial charge in [-0.15, -0.1) is 0 Å². The van der Waals surface area contributed by atoms with Gasteiger partial charge >= 0.3 is 0 Å². The number of anilines is 1. The minimum absolute atomic E-state index is 0.437. The van der Waals surface area contributed by atoms with Gasteiger partial charge in [0.2, 0.25) is 0 Å². The number of hydrogen-bond acceptors (Lipinski definition) is 3. The molecule has 2 bridgehead atoms. The molecule has 2 aliphatic carbocycles. The number of thiocarbonyl (C=S) groups is 1. The summed E-state index contributed by atoms with van der Waals surface area (Å²) in [6, 6.07) is 3.97. The average molecular weight is 289 g/mol. The van der Waals surface area contributed by atoms with E-state index in [1.54, 1.807) is 0 Å². The zero-order valence-electron chi connectivity index (χ0n) is 12.3. The van der Waals surface area contributed by atoms with Gasteiger partial charge in [-0.05, 0) is 56.1 Å². The first-order valence-corrected chi connectivity index (χ1v) is 7.94. The van der Waals surface area contributed by atoms with Crippen LogP contribution >= 0.6 is 12.2 Å². The third-order valence-corrected chi connectivity index (χ3v) is 5.25. The van der Waals surface area contributed by atoms with Crippen molar-refractivity contribution in [3.63, 3.8) is 0 Å². The first kappa shape index (κ1) is 13.8. The third-order valence-electron chi connectivity index (χ3n) is 5.03. The maximum absolute atomic E-state index is 5.84. The lowest BCUT2D eigenvalue weighted by Crippen LogP contribution is -2.31. The Morgan fingerprint density at radius 2 is 2.20 bits per heavy atom. The molecule has 3 atom stereocenters. The first-order valence-electron chi connectivity index (χ1n) is 7.53. The van der Waals surface area contributed by atoms with Crippen LogP contribution in [0.2, 0.25) is 0 Å². The summed E-state index contributed by atoms with van der Waals surface area (Å²) in [6.45, 7) is 3.09. The molecular formula is C16H23N3S. The highest BCUT2D eigenvalue weighted by Gasteiger charge is 2.39. The van der Waals surface area contributed by atoms with E-state index in [9.17, 15) is 0 Å². The minimum atomic E-state index is 0.437. The molecule has 1 heterocycles. The molecule has 0 saturated heterocycles. The zero-order valence-corrected chi connectivity index (χ0v) is 13.1. The van der Waals surface area contributed by atoms with E-state index in [2.05, 4.69) is 16.9 Å². The first-order chi connectivity index (χ1) is 9.54. The number of aromatic nitrogens is 1. The van der Waals surface area contributed by atoms with Crippen molar-refractivity contribution in [2.24, 2.45) is 23.5 Å². The van der Waals surface area contributed by atoms with Gasteiger partial charge in [0.05, 0.1) is 5.56 Å². The number of nitrogens with zero attached hydrogens (tertiary/aromatic N) is 2. The fraction of sp³-hybridized carbons (Fsp3) is 0.625. The summed E-state index contributed by atoms with van der Waals surface area (Å²) < 4.78 is 0. The third kappa shape index (κ3) is 2.53. The van der Waals surface area contributed by atoms with E-state index in [4.69, 9.17) is 18.0 Å². The monoisotopic (exact) mass is 289 g/mol. The molecule has 2 fully saturated rings. The normalized spacial score (nSPS) is 27.8. The molecule has 108 valence electrons. The Balaban J connectivity index is 1.78. The summed E-state index contributed by atoms with van der Waals surface area (Å²) in [6.07, 6.45) is 5.71. The topological polar surface area (TPSA) is 42.1 Å². The van der Waals surface area contributed by atoms with Gasteiger partial charge < -0.3 is 10.6 Å². The van der Waals surface area contributed by atoms with Crippen LogP contribution in [0.1, 0.15) is 36.9 Å². The highest BCUT2D eigenvalue weighted by Crippen LogP contribution is 2.48. The van der Waals surface area contributed by atoms with Gasteiger partial charge in [-0.25, -0.2) is 4.98 Å². The van der Waals surface area contributed by atoms with Gasteiger partial charge in [-0.2, -0.15) is 0 Å². The van der Waals surface area contributed by atoms with Crippen LogP contribution in [0.5, 0.6) is 0 Å². The Bertz CT molecular complexity index is 528. The Hall–Kier alpha value is -1.16. The van der Waals surface area contributed by atoms with E-state index in [0.717, 1.165) is 41.4 Å². The molecule has 20 heavy (non-hydrogen) atoms. The van der Waals surface area contributed by atoms with Crippen molar-refractivity contribution in [3.8, 4) is 0 Å². The fourth-order valence-electron chi connectivity index (χ4n) is 4.06. The molecule has 2 saturated carbocycles. The van der Waals surface area contributed by atoms with E-state index in [0.29, 0.717) is 4.99 Å². The molecule has 3 nitrogen and oxygen atoms in total. The highest BCUT2D eigenvalue weighted by atomic mass is 32.1. The van der Waals surface area contributed by atoms with Gasteiger partial charge in [0.1, 0.15) is 10.8 Å². The summed E-state index contributed by atoms with van der Waals surface area (Å²) in [5.74, 6) is 3.68. The Morgan fingerprint density at radius 1 is 1.40 bits per heavy atom. The summed E-state index contributed by atoms with van der Waals surface area (Å²) >= 11 is 5.16. The predicted molar refractivity (Wildman–Crippen MR) is 87.1 cm³/mol. The molecule has 0 radical (unpaired) electrons. The fourth-order valence-corrected chi connectivity index (χ4v) is 4.22. The minimum Gasteiger partial charge on any atom is -0.389 e. The van der Waals surface area contributed by atoms with E-state index in [1.807, 2.05) is 19.1 Å². The van der Waals surface area contributed by atoms with Crippen LogP contribution in [0.4, 0.5) is 5.82 Å². The number of hydrogen-bond donors (Lipinski definition) is 1. The second-order valence-electron chi connectivity index (χ2n) is 6.50. The van der Waals surface area contributed by atoms with Crippen molar-refractivity contribution in [1.82, 2.24) is 4.98 Å². The van der Waals surface area contributed by atoms with Crippen molar-refractivity contribution >= 4 is 23.0 Å².